The van der Waals surface area contributed by atoms with Gasteiger partial charge in [0.2, 0.25) is 0 Å². The number of carbonyl (C=O) groups excluding carboxylic acids is 1. The Hall–Kier alpha value is -2.10. The molecule has 2 N–H and O–H groups in total. The fourth-order valence-corrected chi connectivity index (χ4v) is 3.84. The summed E-state index contributed by atoms with van der Waals surface area (Å²) in [6.45, 7) is 10.5. The number of nitrogens with one attached hydrogen (secondary N) is 2. The van der Waals surface area contributed by atoms with E-state index in [1.54, 1.807) is 0 Å². The highest BCUT2D eigenvalue weighted by molar-refractivity contribution is 6.06. The average molecular weight is 297 g/mol. The van der Waals surface area contributed by atoms with E-state index in [1.807, 2.05) is 26.0 Å². The maximum Gasteiger partial charge on any atom is 0.259 e. The first kappa shape index (κ1) is 14.8. The summed E-state index contributed by atoms with van der Waals surface area (Å²) in [6, 6.07) is 6.21. The smallest absolute Gasteiger partial charge is 0.259 e. The Morgan fingerprint density at radius 1 is 1.36 bits per heavy atom. The van der Waals surface area contributed by atoms with Gasteiger partial charge < -0.3 is 5.32 Å². The summed E-state index contributed by atoms with van der Waals surface area (Å²) in [5.74, 6) is 0.363. The lowest BCUT2D eigenvalue weighted by atomic mass is 9.86. The zero-order valence-corrected chi connectivity index (χ0v) is 13.9. The maximum atomic E-state index is 12.6. The minimum absolute atomic E-state index is 0.0888. The van der Waals surface area contributed by atoms with E-state index in [9.17, 15) is 4.79 Å². The minimum atomic E-state index is -0.0888. The van der Waals surface area contributed by atoms with Crippen LogP contribution in [0, 0.1) is 13.8 Å². The molecular weight excluding hydrogens is 274 g/mol. The van der Waals surface area contributed by atoms with Gasteiger partial charge in [0.1, 0.15) is 0 Å². The summed E-state index contributed by atoms with van der Waals surface area (Å²) in [6.07, 6.45) is 1.11. The lowest BCUT2D eigenvalue weighted by Crippen LogP contribution is -2.16. The van der Waals surface area contributed by atoms with Gasteiger partial charge in [0.25, 0.3) is 5.91 Å². The fraction of sp³-hybridized carbons (Fsp3) is 0.444. The lowest BCUT2D eigenvalue weighted by molar-refractivity contribution is 0.102. The number of carbonyl (C=O) groups is 1. The summed E-state index contributed by atoms with van der Waals surface area (Å²) in [7, 11) is 0. The van der Waals surface area contributed by atoms with Crippen molar-refractivity contribution in [2.45, 2.75) is 52.4 Å². The molecule has 0 aliphatic heterocycles. The average Bonchev–Trinajstić information content (AvgIpc) is 2.88. The molecule has 1 heterocycles. The molecule has 4 heteroatoms. The Balaban J connectivity index is 1.98. The van der Waals surface area contributed by atoms with Crippen molar-refractivity contribution in [2.75, 3.05) is 5.32 Å². The van der Waals surface area contributed by atoms with E-state index >= 15 is 0 Å². The van der Waals surface area contributed by atoms with Crippen molar-refractivity contribution in [1.82, 2.24) is 10.2 Å². The molecule has 0 radical (unpaired) electrons. The molecular formula is C18H23N3O. The Morgan fingerprint density at radius 3 is 2.73 bits per heavy atom. The van der Waals surface area contributed by atoms with Crippen LogP contribution in [-0.2, 0) is 5.41 Å². The predicted molar refractivity (Wildman–Crippen MR) is 88.5 cm³/mol. The van der Waals surface area contributed by atoms with Gasteiger partial charge in [-0.05, 0) is 48.8 Å². The van der Waals surface area contributed by atoms with Gasteiger partial charge in [-0.1, -0.05) is 32.9 Å². The van der Waals surface area contributed by atoms with Crippen molar-refractivity contribution in [2.24, 2.45) is 0 Å². The van der Waals surface area contributed by atoms with Crippen LogP contribution in [0.15, 0.2) is 18.2 Å². The third kappa shape index (κ3) is 2.23. The molecule has 116 valence electrons. The van der Waals surface area contributed by atoms with Gasteiger partial charge in [-0.3, -0.25) is 9.89 Å². The molecule has 0 spiro atoms. The number of fused-ring (bicyclic) bond motifs is 1. The zero-order chi connectivity index (χ0) is 16.1. The zero-order valence-electron chi connectivity index (χ0n) is 13.9. The van der Waals surface area contributed by atoms with E-state index in [0.29, 0.717) is 11.5 Å². The molecule has 1 aliphatic rings. The van der Waals surface area contributed by atoms with Gasteiger partial charge in [-0.15, -0.1) is 0 Å². The SMILES string of the molecule is Cc1n[nH]c(C)c1C(=O)Nc1cccc2c1[C@H](C)CC2(C)C. The van der Waals surface area contributed by atoms with Gasteiger partial charge in [0.15, 0.2) is 0 Å². The number of nitrogens with zero attached hydrogens (tertiary/aromatic N) is 1. The third-order valence-corrected chi connectivity index (χ3v) is 4.75. The highest BCUT2D eigenvalue weighted by Gasteiger charge is 2.36. The molecule has 3 rings (SSSR count). The van der Waals surface area contributed by atoms with E-state index in [4.69, 9.17) is 0 Å². The number of hydrogen-bond acceptors (Lipinski definition) is 2. The van der Waals surface area contributed by atoms with Gasteiger partial charge in [-0.2, -0.15) is 5.10 Å². The van der Waals surface area contributed by atoms with E-state index < -0.39 is 0 Å². The molecule has 0 unspecified atom stereocenters. The van der Waals surface area contributed by atoms with Gasteiger partial charge in [0.05, 0.1) is 11.3 Å². The van der Waals surface area contributed by atoms with Crippen molar-refractivity contribution >= 4 is 11.6 Å². The molecule has 1 aromatic heterocycles. The van der Waals surface area contributed by atoms with Crippen LogP contribution < -0.4 is 5.32 Å². The fourth-order valence-electron chi connectivity index (χ4n) is 3.84. The van der Waals surface area contributed by atoms with E-state index in [0.717, 1.165) is 23.5 Å². The Kier molecular flexibility index (Phi) is 3.35. The molecule has 1 atom stereocenters. The summed E-state index contributed by atoms with van der Waals surface area (Å²) in [4.78, 5) is 12.6. The summed E-state index contributed by atoms with van der Waals surface area (Å²) < 4.78 is 0. The normalized spacial score (nSPS) is 19.0. The number of aryl methyl sites for hydroxylation is 2. The first-order valence-corrected chi connectivity index (χ1v) is 7.77. The van der Waals surface area contributed by atoms with E-state index in [2.05, 4.69) is 42.4 Å². The van der Waals surface area contributed by atoms with Crippen LogP contribution in [-0.4, -0.2) is 16.1 Å². The largest absolute Gasteiger partial charge is 0.322 e. The topological polar surface area (TPSA) is 57.8 Å². The first-order valence-electron chi connectivity index (χ1n) is 7.77. The second-order valence-electron chi connectivity index (χ2n) is 7.02. The number of H-pyrrole nitrogens is 1. The highest BCUT2D eigenvalue weighted by Crippen LogP contribution is 2.48. The van der Waals surface area contributed by atoms with Crippen molar-refractivity contribution in [3.63, 3.8) is 0 Å². The lowest BCUT2D eigenvalue weighted by Gasteiger charge is -2.19. The minimum Gasteiger partial charge on any atom is -0.322 e. The van der Waals surface area contributed by atoms with Gasteiger partial charge >= 0.3 is 0 Å². The van der Waals surface area contributed by atoms with Crippen molar-refractivity contribution in [3.8, 4) is 0 Å². The highest BCUT2D eigenvalue weighted by atomic mass is 16.1. The van der Waals surface area contributed by atoms with Crippen LogP contribution >= 0.6 is 0 Å². The molecule has 0 saturated carbocycles. The first-order chi connectivity index (χ1) is 10.3. The Morgan fingerprint density at radius 2 is 2.09 bits per heavy atom. The third-order valence-electron chi connectivity index (χ3n) is 4.75. The summed E-state index contributed by atoms with van der Waals surface area (Å²) in [5.41, 5.74) is 5.89. The Bertz CT molecular complexity index is 723. The molecule has 0 bridgehead atoms. The summed E-state index contributed by atoms with van der Waals surface area (Å²) in [5, 5.41) is 10.1. The van der Waals surface area contributed by atoms with Crippen LogP contribution in [0.25, 0.3) is 0 Å². The van der Waals surface area contributed by atoms with Crippen LogP contribution in [0.2, 0.25) is 0 Å². The molecule has 0 saturated heterocycles. The standard InChI is InChI=1S/C18H23N3O/c1-10-9-18(4,5)13-7-6-8-14(15(10)13)19-17(22)16-11(2)20-21-12(16)3/h6-8,10H,9H2,1-5H3,(H,19,22)(H,20,21)/t10-/m1/s1. The second-order valence-corrected chi connectivity index (χ2v) is 7.02. The maximum absolute atomic E-state index is 12.6. The van der Waals surface area contributed by atoms with Gasteiger partial charge in [0, 0.05) is 11.4 Å². The molecule has 1 aliphatic carbocycles. The quantitative estimate of drug-likeness (QED) is 0.878. The second kappa shape index (κ2) is 4.97. The monoisotopic (exact) mass is 297 g/mol. The van der Waals surface area contributed by atoms with E-state index in [1.165, 1.54) is 11.1 Å². The number of hydrogen-bond donors (Lipinski definition) is 2. The van der Waals surface area contributed by atoms with E-state index in [-0.39, 0.29) is 11.3 Å². The number of amides is 1. The number of aromatic amines is 1. The van der Waals surface area contributed by atoms with Crippen molar-refractivity contribution < 1.29 is 4.79 Å². The molecule has 22 heavy (non-hydrogen) atoms. The molecule has 1 amide bonds. The summed E-state index contributed by atoms with van der Waals surface area (Å²) >= 11 is 0. The molecule has 1 aromatic carbocycles. The Labute approximate surface area is 131 Å². The molecule has 0 fully saturated rings. The van der Waals surface area contributed by atoms with Crippen molar-refractivity contribution in [3.05, 3.63) is 46.3 Å². The molecule has 2 aromatic rings. The van der Waals surface area contributed by atoms with Crippen molar-refractivity contribution in [1.29, 1.82) is 0 Å². The van der Waals surface area contributed by atoms with Gasteiger partial charge in [-0.25, -0.2) is 0 Å². The number of anilines is 1. The van der Waals surface area contributed by atoms with Crippen LogP contribution in [0.4, 0.5) is 5.69 Å². The molecule has 4 nitrogen and oxygen atoms in total. The number of benzene rings is 1. The number of aromatic nitrogens is 2. The van der Waals surface area contributed by atoms with Crippen LogP contribution in [0.5, 0.6) is 0 Å². The predicted octanol–water partition coefficient (Wildman–Crippen LogP) is 4.06. The number of rotatable bonds is 2. The van der Waals surface area contributed by atoms with Crippen LogP contribution in [0.3, 0.4) is 0 Å². The van der Waals surface area contributed by atoms with Crippen LogP contribution in [0.1, 0.15) is 66.0 Å².